The summed E-state index contributed by atoms with van der Waals surface area (Å²) in [6.45, 7) is 11.5. The number of allylic oxidation sites excluding steroid dienone is 1. The van der Waals surface area contributed by atoms with Gasteiger partial charge in [0.25, 0.3) is 0 Å². The summed E-state index contributed by atoms with van der Waals surface area (Å²) in [4.78, 5) is 11.9. The van der Waals surface area contributed by atoms with Gasteiger partial charge < -0.3 is 4.74 Å². The molecule has 2 nitrogen and oxygen atoms in total. The maximum atomic E-state index is 11.9. The Kier molecular flexibility index (Phi) is 2.86. The van der Waals surface area contributed by atoms with Crippen LogP contribution in [0.3, 0.4) is 0 Å². The molecule has 2 atom stereocenters. The maximum absolute atomic E-state index is 11.9. The molecule has 0 bridgehead atoms. The highest BCUT2D eigenvalue weighted by Crippen LogP contribution is 2.43. The maximum Gasteiger partial charge on any atom is 0.169 e. The zero-order chi connectivity index (χ0) is 11.0. The zero-order valence-corrected chi connectivity index (χ0v) is 9.59. The van der Waals surface area contributed by atoms with Gasteiger partial charge in [-0.05, 0) is 19.8 Å². The normalized spacial score (nSPS) is 31.3. The fourth-order valence-electron chi connectivity index (χ4n) is 1.54. The summed E-state index contributed by atoms with van der Waals surface area (Å²) in [5, 5.41) is 0. The molecule has 0 aromatic carbocycles. The third kappa shape index (κ3) is 2.24. The molecule has 0 spiro atoms. The highest BCUT2D eigenvalue weighted by molar-refractivity contribution is 5.91. The molecule has 0 amide bonds. The zero-order valence-electron chi connectivity index (χ0n) is 9.59. The number of hydrogen-bond acceptors (Lipinski definition) is 2. The number of carbonyl (C=O) groups is 1. The molecule has 1 heterocycles. The van der Waals surface area contributed by atoms with Gasteiger partial charge in [0.1, 0.15) is 11.7 Å². The first-order chi connectivity index (χ1) is 6.31. The Labute approximate surface area is 86.3 Å². The van der Waals surface area contributed by atoms with Gasteiger partial charge >= 0.3 is 0 Å². The average Bonchev–Trinajstić information content (AvgIpc) is 2.72. The second kappa shape index (κ2) is 3.50. The molecule has 1 aliphatic heterocycles. The van der Waals surface area contributed by atoms with Crippen molar-refractivity contribution in [3.63, 3.8) is 0 Å². The molecule has 0 saturated carbocycles. The highest BCUT2D eigenvalue weighted by Gasteiger charge is 2.57. The molecule has 0 aromatic rings. The van der Waals surface area contributed by atoms with E-state index in [1.54, 1.807) is 0 Å². The van der Waals surface area contributed by atoms with E-state index < -0.39 is 0 Å². The molecule has 1 fully saturated rings. The second-order valence-electron chi connectivity index (χ2n) is 5.25. The van der Waals surface area contributed by atoms with Gasteiger partial charge in [-0.3, -0.25) is 4.79 Å². The Morgan fingerprint density at radius 1 is 1.57 bits per heavy atom. The van der Waals surface area contributed by atoms with Crippen molar-refractivity contribution in [1.29, 1.82) is 0 Å². The van der Waals surface area contributed by atoms with Crippen LogP contribution in [-0.2, 0) is 9.53 Å². The van der Waals surface area contributed by atoms with Crippen molar-refractivity contribution in [3.8, 4) is 0 Å². The second-order valence-corrected chi connectivity index (χ2v) is 5.25. The van der Waals surface area contributed by atoms with Crippen molar-refractivity contribution in [2.45, 2.75) is 52.2 Å². The van der Waals surface area contributed by atoms with Crippen LogP contribution in [0.15, 0.2) is 12.7 Å². The van der Waals surface area contributed by atoms with Crippen LogP contribution in [0.1, 0.15) is 40.5 Å². The third-order valence-electron chi connectivity index (χ3n) is 2.71. The number of rotatable bonds is 4. The molecule has 0 radical (unpaired) electrons. The topological polar surface area (TPSA) is 29.6 Å². The lowest BCUT2D eigenvalue weighted by atomic mass is 9.84. The Morgan fingerprint density at radius 2 is 2.14 bits per heavy atom. The van der Waals surface area contributed by atoms with Crippen molar-refractivity contribution in [2.24, 2.45) is 5.41 Å². The molecule has 0 aliphatic carbocycles. The van der Waals surface area contributed by atoms with Gasteiger partial charge in [0.05, 0.1) is 0 Å². The van der Waals surface area contributed by atoms with Crippen LogP contribution >= 0.6 is 0 Å². The van der Waals surface area contributed by atoms with Crippen LogP contribution in [0.2, 0.25) is 0 Å². The quantitative estimate of drug-likeness (QED) is 0.511. The van der Waals surface area contributed by atoms with E-state index in [2.05, 4.69) is 6.58 Å². The Hall–Kier alpha value is -0.630. The Morgan fingerprint density at radius 3 is 2.57 bits per heavy atom. The number of ether oxygens (including phenoxy) is 1. The minimum absolute atomic E-state index is 0.192. The Balaban J connectivity index is 2.52. The summed E-state index contributed by atoms with van der Waals surface area (Å²) in [7, 11) is 0. The molecule has 0 aromatic heterocycles. The lowest BCUT2D eigenvalue weighted by molar-refractivity contribution is -0.127. The van der Waals surface area contributed by atoms with Gasteiger partial charge in [-0.2, -0.15) is 0 Å². The number of ketones is 1. The molecule has 2 unspecified atom stereocenters. The van der Waals surface area contributed by atoms with Crippen LogP contribution < -0.4 is 0 Å². The molecule has 14 heavy (non-hydrogen) atoms. The van der Waals surface area contributed by atoms with Gasteiger partial charge in [0.15, 0.2) is 5.78 Å². The molecule has 1 aliphatic rings. The first kappa shape index (κ1) is 11.4. The van der Waals surface area contributed by atoms with Crippen molar-refractivity contribution in [2.75, 3.05) is 0 Å². The van der Waals surface area contributed by atoms with Gasteiger partial charge in [-0.1, -0.05) is 26.8 Å². The lowest BCUT2D eigenvalue weighted by Gasteiger charge is -2.15. The molecular formula is C12H20O2. The summed E-state index contributed by atoms with van der Waals surface area (Å²) in [5.74, 6) is 0.212. The largest absolute Gasteiger partial charge is 0.358 e. The van der Waals surface area contributed by atoms with Gasteiger partial charge in [0, 0.05) is 5.41 Å². The SMILES string of the molecule is C=CCCC1(C)OC1C(=O)C(C)(C)C. The number of hydrogen-bond donors (Lipinski definition) is 0. The fourth-order valence-corrected chi connectivity index (χ4v) is 1.54. The highest BCUT2D eigenvalue weighted by atomic mass is 16.6. The fraction of sp³-hybridized carbons (Fsp3) is 0.750. The predicted octanol–water partition coefficient (Wildman–Crippen LogP) is 2.73. The summed E-state index contributed by atoms with van der Waals surface area (Å²) in [5.41, 5.74) is -0.519. The van der Waals surface area contributed by atoms with E-state index in [0.29, 0.717) is 0 Å². The number of Topliss-reactive ketones (excluding diaryl/α,β-unsaturated/α-hetero) is 1. The van der Waals surface area contributed by atoms with Crippen molar-refractivity contribution >= 4 is 5.78 Å². The molecule has 80 valence electrons. The van der Waals surface area contributed by atoms with E-state index in [-0.39, 0.29) is 22.9 Å². The van der Waals surface area contributed by atoms with Crippen LogP contribution in [0.4, 0.5) is 0 Å². The molecule has 2 heteroatoms. The summed E-state index contributed by atoms with van der Waals surface area (Å²) in [6.07, 6.45) is 3.47. The lowest BCUT2D eigenvalue weighted by Crippen LogP contribution is -2.29. The Bertz CT molecular complexity index is 250. The smallest absolute Gasteiger partial charge is 0.169 e. The van der Waals surface area contributed by atoms with E-state index in [0.717, 1.165) is 12.8 Å². The summed E-state index contributed by atoms with van der Waals surface area (Å²) < 4.78 is 5.50. The molecular weight excluding hydrogens is 176 g/mol. The first-order valence-corrected chi connectivity index (χ1v) is 5.14. The minimum atomic E-state index is -0.295. The monoisotopic (exact) mass is 196 g/mol. The van der Waals surface area contributed by atoms with Crippen molar-refractivity contribution in [3.05, 3.63) is 12.7 Å². The minimum Gasteiger partial charge on any atom is -0.358 e. The third-order valence-corrected chi connectivity index (χ3v) is 2.71. The predicted molar refractivity (Wildman–Crippen MR) is 57.2 cm³/mol. The van der Waals surface area contributed by atoms with Crippen molar-refractivity contribution < 1.29 is 9.53 Å². The molecule has 1 rings (SSSR count). The standard InChI is InChI=1S/C12H20O2/c1-6-7-8-12(5)10(14-12)9(13)11(2,3)4/h6,10H,1,7-8H2,2-5H3. The van der Waals surface area contributed by atoms with E-state index in [1.807, 2.05) is 33.8 Å². The first-order valence-electron chi connectivity index (χ1n) is 5.14. The number of carbonyl (C=O) groups excluding carboxylic acids is 1. The van der Waals surface area contributed by atoms with E-state index in [4.69, 9.17) is 4.74 Å². The average molecular weight is 196 g/mol. The number of epoxide rings is 1. The molecule has 1 saturated heterocycles. The van der Waals surface area contributed by atoms with Crippen LogP contribution in [0.5, 0.6) is 0 Å². The van der Waals surface area contributed by atoms with Crippen LogP contribution in [0.25, 0.3) is 0 Å². The van der Waals surface area contributed by atoms with E-state index in [1.165, 1.54) is 0 Å². The summed E-state index contributed by atoms with van der Waals surface area (Å²) in [6, 6.07) is 0. The van der Waals surface area contributed by atoms with Gasteiger partial charge in [0.2, 0.25) is 0 Å². The molecule has 0 N–H and O–H groups in total. The van der Waals surface area contributed by atoms with Gasteiger partial charge in [-0.25, -0.2) is 0 Å². The van der Waals surface area contributed by atoms with Crippen molar-refractivity contribution in [1.82, 2.24) is 0 Å². The van der Waals surface area contributed by atoms with Gasteiger partial charge in [-0.15, -0.1) is 6.58 Å². The van der Waals surface area contributed by atoms with Crippen LogP contribution in [0, 0.1) is 5.41 Å². The van der Waals surface area contributed by atoms with E-state index >= 15 is 0 Å². The van der Waals surface area contributed by atoms with E-state index in [9.17, 15) is 4.79 Å². The van der Waals surface area contributed by atoms with Crippen LogP contribution in [-0.4, -0.2) is 17.5 Å². The summed E-state index contributed by atoms with van der Waals surface area (Å²) >= 11 is 0.